The molecule has 0 saturated carbocycles. The Morgan fingerprint density at radius 3 is 1.30 bits per heavy atom. The molecular formula is C2HF7S. The molecule has 0 aromatic heterocycles. The van der Waals surface area contributed by atoms with Gasteiger partial charge in [0.1, 0.15) is 6.33 Å². The molecule has 0 unspecified atom stereocenters. The fourth-order valence-electron chi connectivity index (χ4n) is 0.0842. The van der Waals surface area contributed by atoms with Gasteiger partial charge < -0.3 is 0 Å². The molecule has 0 heterocycles. The summed E-state index contributed by atoms with van der Waals surface area (Å²) in [6.45, 7) is 0. The highest BCUT2D eigenvalue weighted by Crippen LogP contribution is 3.02. The summed E-state index contributed by atoms with van der Waals surface area (Å²) in [6.07, 6.45) is -1.80. The zero-order valence-electron chi connectivity index (χ0n) is 4.13. The topological polar surface area (TPSA) is 0 Å². The van der Waals surface area contributed by atoms with Crippen LogP contribution in [0.3, 0.4) is 0 Å². The van der Waals surface area contributed by atoms with Crippen LogP contribution in [0, 0.1) is 0 Å². The van der Waals surface area contributed by atoms with Gasteiger partial charge in [-0.1, -0.05) is 19.4 Å². The van der Waals surface area contributed by atoms with E-state index in [4.69, 9.17) is 0 Å². The molecule has 0 rings (SSSR count). The molecule has 64 valence electrons. The van der Waals surface area contributed by atoms with Crippen molar-refractivity contribution in [3.05, 3.63) is 11.5 Å². The second-order valence-electron chi connectivity index (χ2n) is 1.38. The van der Waals surface area contributed by atoms with Gasteiger partial charge in [-0.3, -0.25) is 0 Å². The summed E-state index contributed by atoms with van der Waals surface area (Å²) in [5.41, 5.74) is 0. The molecule has 0 atom stereocenters. The van der Waals surface area contributed by atoms with E-state index in [-0.39, 0.29) is 0 Å². The summed E-state index contributed by atoms with van der Waals surface area (Å²) in [5.74, 6) is 0. The van der Waals surface area contributed by atoms with E-state index >= 15 is 0 Å². The number of hydrogen-bond acceptors (Lipinski definition) is 0. The van der Waals surface area contributed by atoms with E-state index in [1.807, 2.05) is 0 Å². The third kappa shape index (κ3) is 2.46. The van der Waals surface area contributed by atoms with Crippen molar-refractivity contribution in [1.82, 2.24) is 0 Å². The summed E-state index contributed by atoms with van der Waals surface area (Å²) < 4.78 is 76.4. The fourth-order valence-corrected chi connectivity index (χ4v) is 0.253. The van der Waals surface area contributed by atoms with E-state index in [0.717, 1.165) is 0 Å². The Balaban J connectivity index is 5.13. The average molecular weight is 190 g/mol. The second-order valence-corrected chi connectivity index (χ2v) is 3.71. The van der Waals surface area contributed by atoms with Crippen LogP contribution in [0.4, 0.5) is 28.2 Å². The first kappa shape index (κ1) is 9.60. The summed E-state index contributed by atoms with van der Waals surface area (Å²) in [5, 5.41) is -3.96. The van der Waals surface area contributed by atoms with Crippen LogP contribution >= 0.6 is 10.2 Å². The van der Waals surface area contributed by atoms with Gasteiger partial charge in [0.15, 0.2) is 0 Å². The fraction of sp³-hybridized carbons (Fsp3) is 0. The molecule has 0 amide bonds. The van der Waals surface area contributed by atoms with Gasteiger partial charge in [0, 0.05) is 0 Å². The Morgan fingerprint density at radius 2 is 1.30 bits per heavy atom. The first-order chi connectivity index (χ1) is 3.97. The molecule has 0 aliphatic heterocycles. The van der Waals surface area contributed by atoms with Gasteiger partial charge in [-0.05, 0) is 0 Å². The van der Waals surface area contributed by atoms with Gasteiger partial charge in [-0.25, -0.2) is 4.39 Å². The third-order valence-electron chi connectivity index (χ3n) is 0.454. The van der Waals surface area contributed by atoms with E-state index in [9.17, 15) is 28.2 Å². The maximum absolute atomic E-state index is 11.1. The van der Waals surface area contributed by atoms with Crippen LogP contribution < -0.4 is 0 Å². The molecular weight excluding hydrogens is 189 g/mol. The van der Waals surface area contributed by atoms with E-state index < -0.39 is 21.7 Å². The molecule has 0 radical (unpaired) electrons. The highest BCUT2D eigenvalue weighted by atomic mass is 32.5. The van der Waals surface area contributed by atoms with Gasteiger partial charge in [-0.15, -0.1) is 0 Å². The zero-order chi connectivity index (χ0) is 8.69. The Bertz CT molecular complexity index is 169. The van der Waals surface area contributed by atoms with Crippen molar-refractivity contribution in [3.63, 3.8) is 0 Å². The lowest BCUT2D eigenvalue weighted by Crippen LogP contribution is -2.04. The molecule has 0 aliphatic carbocycles. The summed E-state index contributed by atoms with van der Waals surface area (Å²) >= 11 is 0. The molecule has 0 aromatic rings. The molecule has 0 N–H and O–H groups in total. The van der Waals surface area contributed by atoms with Crippen LogP contribution in [-0.4, -0.2) is 0 Å². The van der Waals surface area contributed by atoms with Crippen LogP contribution in [0.15, 0.2) is 11.5 Å². The van der Waals surface area contributed by atoms with E-state index in [2.05, 4.69) is 0 Å². The van der Waals surface area contributed by atoms with Crippen LogP contribution in [0.5, 0.6) is 0 Å². The van der Waals surface area contributed by atoms with Crippen molar-refractivity contribution in [2.75, 3.05) is 0 Å². The minimum Gasteiger partial charge on any atom is -0.211 e. The van der Waals surface area contributed by atoms with Crippen LogP contribution in [0.1, 0.15) is 0 Å². The van der Waals surface area contributed by atoms with E-state index in [1.54, 1.807) is 0 Å². The van der Waals surface area contributed by atoms with Crippen LogP contribution in [-0.2, 0) is 0 Å². The van der Waals surface area contributed by atoms with Gasteiger partial charge in [-0.2, -0.15) is 4.39 Å². The van der Waals surface area contributed by atoms with Crippen molar-refractivity contribution >= 4 is 10.2 Å². The van der Waals surface area contributed by atoms with Gasteiger partial charge in [0.2, 0.25) is 0 Å². The summed E-state index contributed by atoms with van der Waals surface area (Å²) in [6, 6.07) is 0. The van der Waals surface area contributed by atoms with Crippen molar-refractivity contribution in [3.8, 4) is 0 Å². The van der Waals surface area contributed by atoms with Gasteiger partial charge in [0.25, 0.3) is 5.16 Å². The smallest absolute Gasteiger partial charge is 0.211 e. The van der Waals surface area contributed by atoms with Crippen LogP contribution in [0.2, 0.25) is 0 Å². The first-order valence-corrected chi connectivity index (χ1v) is 3.62. The third-order valence-corrected chi connectivity index (χ3v) is 1.28. The van der Waals surface area contributed by atoms with Crippen molar-refractivity contribution in [2.24, 2.45) is 0 Å². The lowest BCUT2D eigenvalue weighted by Gasteiger charge is -2.37. The minimum absolute atomic E-state index is 1.80. The SMILES string of the molecule is F/C=C(\F)S(F)(F)(F)(F)F. The predicted molar refractivity (Wildman–Crippen MR) is 23.4 cm³/mol. The first-order valence-electron chi connectivity index (χ1n) is 1.67. The maximum atomic E-state index is 11.1. The Hall–Kier alpha value is -0.400. The molecule has 0 fully saturated rings. The maximum Gasteiger partial charge on any atom is 0.337 e. The monoisotopic (exact) mass is 190 g/mol. The molecule has 0 aliphatic rings. The predicted octanol–water partition coefficient (Wildman–Crippen LogP) is 4.02. The summed E-state index contributed by atoms with van der Waals surface area (Å²) in [4.78, 5) is 0. The molecule has 8 heteroatoms. The molecule has 0 nitrogen and oxygen atoms in total. The quantitative estimate of drug-likeness (QED) is 0.547. The molecule has 10 heavy (non-hydrogen) atoms. The van der Waals surface area contributed by atoms with Crippen molar-refractivity contribution < 1.29 is 28.2 Å². The highest BCUT2D eigenvalue weighted by Gasteiger charge is 2.69. The molecule has 0 bridgehead atoms. The Labute approximate surface area is 51.0 Å². The lowest BCUT2D eigenvalue weighted by atomic mass is 11.2. The molecule has 0 spiro atoms. The molecule has 0 saturated heterocycles. The van der Waals surface area contributed by atoms with E-state index in [1.165, 1.54) is 0 Å². The van der Waals surface area contributed by atoms with E-state index in [0.29, 0.717) is 0 Å². The number of hydrogen-bond donors (Lipinski definition) is 0. The Morgan fingerprint density at radius 1 is 1.00 bits per heavy atom. The minimum atomic E-state index is -10.3. The van der Waals surface area contributed by atoms with Crippen LogP contribution in [0.25, 0.3) is 0 Å². The standard InChI is InChI=1S/C2HF7S/c3-1-2(4)10(5,6,7,8)9/h1H/b2-1+. The van der Waals surface area contributed by atoms with Gasteiger partial charge in [0.05, 0.1) is 0 Å². The van der Waals surface area contributed by atoms with Crippen molar-refractivity contribution in [1.29, 1.82) is 0 Å². The Kier molecular flexibility index (Phi) is 1.38. The number of rotatable bonds is 1. The summed E-state index contributed by atoms with van der Waals surface area (Å²) in [7, 11) is -10.3. The lowest BCUT2D eigenvalue weighted by molar-refractivity contribution is 0.354. The second kappa shape index (κ2) is 1.44. The largest absolute Gasteiger partial charge is 0.337 e. The highest BCUT2D eigenvalue weighted by molar-refractivity contribution is 8.48. The van der Waals surface area contributed by atoms with Crippen molar-refractivity contribution in [2.45, 2.75) is 0 Å². The number of halogens is 7. The van der Waals surface area contributed by atoms with Gasteiger partial charge >= 0.3 is 10.2 Å². The average Bonchev–Trinajstić information content (AvgIpc) is 1.57. The molecule has 0 aromatic carbocycles. The normalized spacial score (nSPS) is 21.7. The zero-order valence-corrected chi connectivity index (χ0v) is 4.95.